The number of rotatable bonds is 4. The van der Waals surface area contributed by atoms with Gasteiger partial charge >= 0.3 is 6.03 Å². The summed E-state index contributed by atoms with van der Waals surface area (Å²) in [7, 11) is 1.95. The Bertz CT molecular complexity index is 1370. The summed E-state index contributed by atoms with van der Waals surface area (Å²) in [6, 6.07) is 18.8. The monoisotopic (exact) mass is 464 g/mol. The summed E-state index contributed by atoms with van der Waals surface area (Å²) in [5.74, 6) is 6.67. The van der Waals surface area contributed by atoms with E-state index in [1.54, 1.807) is 12.4 Å². The molecule has 2 aromatic carbocycles. The molecule has 2 amide bonds. The van der Waals surface area contributed by atoms with Crippen molar-refractivity contribution in [3.8, 4) is 11.8 Å². The Morgan fingerprint density at radius 3 is 2.57 bits per heavy atom. The van der Waals surface area contributed by atoms with Gasteiger partial charge in [0.15, 0.2) is 0 Å². The standard InChI is InChI=1S/C27H24N6O2/c1-32-14-12-24(19-32)30-26-28-17-21(18-29-26)11-10-20-6-5-9-23(16-20)31-27(34)33-25(13-15-35-33)22-7-3-2-4-8-22/h2-9,12,14,16-19,25H,13,15H2,1H3,(H,31,34)(H,28,29,30)/t25-/m0/s1. The smallest absolute Gasteiger partial charge is 0.346 e. The number of hydrogen-bond donors (Lipinski definition) is 2. The summed E-state index contributed by atoms with van der Waals surface area (Å²) in [5.41, 5.74) is 4.06. The highest BCUT2D eigenvalue weighted by molar-refractivity contribution is 5.89. The van der Waals surface area contributed by atoms with Gasteiger partial charge in [-0.2, -0.15) is 5.06 Å². The number of carbonyl (C=O) groups is 1. The van der Waals surface area contributed by atoms with Crippen LogP contribution in [0.15, 0.2) is 85.5 Å². The van der Waals surface area contributed by atoms with E-state index < -0.39 is 0 Å². The zero-order valence-corrected chi connectivity index (χ0v) is 19.2. The van der Waals surface area contributed by atoms with E-state index in [4.69, 9.17) is 4.84 Å². The lowest BCUT2D eigenvalue weighted by molar-refractivity contribution is -0.0829. The van der Waals surface area contributed by atoms with Crippen LogP contribution in [0.2, 0.25) is 0 Å². The van der Waals surface area contributed by atoms with Crippen LogP contribution in [0.25, 0.3) is 0 Å². The number of hydrogen-bond acceptors (Lipinski definition) is 5. The summed E-state index contributed by atoms with van der Waals surface area (Å²) in [4.78, 5) is 27.1. The highest BCUT2D eigenvalue weighted by atomic mass is 16.7. The molecule has 0 aliphatic carbocycles. The molecule has 4 aromatic rings. The molecule has 5 rings (SSSR count). The molecule has 1 aliphatic rings. The van der Waals surface area contributed by atoms with Gasteiger partial charge in [-0.05, 0) is 29.8 Å². The predicted molar refractivity (Wildman–Crippen MR) is 134 cm³/mol. The number of benzene rings is 2. The SMILES string of the molecule is Cn1ccc(Nc2ncc(C#Cc3cccc(NC(=O)N4OCC[C@H]4c4ccccc4)c3)cn2)c1. The van der Waals surface area contributed by atoms with E-state index in [0.717, 1.165) is 23.2 Å². The maximum atomic E-state index is 12.9. The van der Waals surface area contributed by atoms with Crippen LogP contribution in [0.5, 0.6) is 0 Å². The average Bonchev–Trinajstić information content (AvgIpc) is 3.54. The summed E-state index contributed by atoms with van der Waals surface area (Å²) >= 11 is 0. The zero-order valence-electron chi connectivity index (χ0n) is 19.2. The average molecular weight is 465 g/mol. The molecule has 0 saturated carbocycles. The quantitative estimate of drug-likeness (QED) is 0.421. The number of nitrogens with zero attached hydrogens (tertiary/aromatic N) is 4. The maximum absolute atomic E-state index is 12.9. The minimum atomic E-state index is -0.309. The van der Waals surface area contributed by atoms with Gasteiger partial charge in [0.25, 0.3) is 0 Å². The molecule has 35 heavy (non-hydrogen) atoms. The highest BCUT2D eigenvalue weighted by Crippen LogP contribution is 2.30. The van der Waals surface area contributed by atoms with Gasteiger partial charge in [0, 0.05) is 49.5 Å². The fourth-order valence-corrected chi connectivity index (χ4v) is 3.81. The molecule has 1 aliphatic heterocycles. The molecular formula is C27H24N6O2. The minimum absolute atomic E-state index is 0.112. The van der Waals surface area contributed by atoms with Crippen LogP contribution < -0.4 is 10.6 Å². The lowest BCUT2D eigenvalue weighted by Crippen LogP contribution is -2.33. The minimum Gasteiger partial charge on any atom is -0.355 e. The van der Waals surface area contributed by atoms with E-state index in [0.29, 0.717) is 23.8 Å². The van der Waals surface area contributed by atoms with Crippen LogP contribution in [0.3, 0.4) is 0 Å². The van der Waals surface area contributed by atoms with E-state index >= 15 is 0 Å². The molecule has 0 spiro atoms. The second-order valence-electron chi connectivity index (χ2n) is 8.12. The summed E-state index contributed by atoms with van der Waals surface area (Å²) < 4.78 is 1.94. The summed E-state index contributed by atoms with van der Waals surface area (Å²) in [6.45, 7) is 0.500. The first-order valence-electron chi connectivity index (χ1n) is 11.3. The van der Waals surface area contributed by atoms with Crippen molar-refractivity contribution in [2.75, 3.05) is 17.2 Å². The molecule has 1 fully saturated rings. The van der Waals surface area contributed by atoms with E-state index in [-0.39, 0.29) is 12.1 Å². The molecule has 0 radical (unpaired) electrons. The van der Waals surface area contributed by atoms with Gasteiger partial charge in [-0.15, -0.1) is 0 Å². The number of anilines is 3. The largest absolute Gasteiger partial charge is 0.355 e. The lowest BCUT2D eigenvalue weighted by atomic mass is 10.1. The number of amides is 2. The molecule has 174 valence electrons. The van der Waals surface area contributed by atoms with Gasteiger partial charge in [0.1, 0.15) is 0 Å². The van der Waals surface area contributed by atoms with Gasteiger partial charge in [0.05, 0.1) is 23.9 Å². The first kappa shape index (κ1) is 22.2. The highest BCUT2D eigenvalue weighted by Gasteiger charge is 2.31. The number of aromatic nitrogens is 3. The maximum Gasteiger partial charge on any atom is 0.346 e. The van der Waals surface area contributed by atoms with Crippen LogP contribution in [0.4, 0.5) is 22.1 Å². The third-order valence-electron chi connectivity index (χ3n) is 5.49. The van der Waals surface area contributed by atoms with Gasteiger partial charge < -0.3 is 15.2 Å². The number of hydroxylamine groups is 2. The number of aryl methyl sites for hydroxylation is 1. The predicted octanol–water partition coefficient (Wildman–Crippen LogP) is 4.87. The van der Waals surface area contributed by atoms with E-state index in [2.05, 4.69) is 32.4 Å². The fraction of sp³-hybridized carbons (Fsp3) is 0.148. The second-order valence-corrected chi connectivity index (χ2v) is 8.12. The third kappa shape index (κ3) is 5.49. The molecule has 2 aromatic heterocycles. The van der Waals surface area contributed by atoms with Crippen LogP contribution in [-0.4, -0.2) is 32.2 Å². The summed E-state index contributed by atoms with van der Waals surface area (Å²) in [5, 5.41) is 7.47. The first-order valence-corrected chi connectivity index (χ1v) is 11.3. The van der Waals surface area contributed by atoms with Crippen molar-refractivity contribution in [1.29, 1.82) is 0 Å². The normalized spacial score (nSPS) is 14.8. The topological polar surface area (TPSA) is 84.3 Å². The Hall–Kier alpha value is -4.61. The van der Waals surface area contributed by atoms with Gasteiger partial charge in [0.2, 0.25) is 5.95 Å². The van der Waals surface area contributed by atoms with Crippen LogP contribution in [0, 0.1) is 11.8 Å². The summed E-state index contributed by atoms with van der Waals surface area (Å²) in [6.07, 6.45) is 7.99. The Morgan fingerprint density at radius 1 is 1.00 bits per heavy atom. The van der Waals surface area contributed by atoms with Crippen molar-refractivity contribution in [2.24, 2.45) is 7.05 Å². The molecule has 3 heterocycles. The van der Waals surface area contributed by atoms with Crippen LogP contribution >= 0.6 is 0 Å². The van der Waals surface area contributed by atoms with Crippen molar-refractivity contribution >= 4 is 23.4 Å². The Kier molecular flexibility index (Phi) is 6.42. The lowest BCUT2D eigenvalue weighted by Gasteiger charge is -2.23. The molecule has 1 atom stereocenters. The molecular weight excluding hydrogens is 440 g/mol. The van der Waals surface area contributed by atoms with Crippen LogP contribution in [-0.2, 0) is 11.9 Å². The van der Waals surface area contributed by atoms with Gasteiger partial charge in [-0.25, -0.2) is 14.8 Å². The van der Waals surface area contributed by atoms with Crippen molar-refractivity contribution in [3.63, 3.8) is 0 Å². The second kappa shape index (κ2) is 10.1. The number of nitrogens with one attached hydrogen (secondary N) is 2. The van der Waals surface area contributed by atoms with Crippen LogP contribution in [0.1, 0.15) is 29.2 Å². The number of urea groups is 1. The van der Waals surface area contributed by atoms with Crippen molar-refractivity contribution in [1.82, 2.24) is 19.6 Å². The first-order chi connectivity index (χ1) is 17.1. The van der Waals surface area contributed by atoms with Crippen molar-refractivity contribution < 1.29 is 9.63 Å². The molecule has 8 nitrogen and oxygen atoms in total. The third-order valence-corrected chi connectivity index (χ3v) is 5.49. The van der Waals surface area contributed by atoms with Gasteiger partial charge in [-0.3, -0.25) is 4.84 Å². The Balaban J connectivity index is 1.23. The van der Waals surface area contributed by atoms with Gasteiger partial charge in [-0.1, -0.05) is 48.2 Å². The van der Waals surface area contributed by atoms with Crippen molar-refractivity contribution in [3.05, 3.63) is 102 Å². The van der Waals surface area contributed by atoms with E-state index in [1.807, 2.05) is 84.7 Å². The Labute approximate surface area is 203 Å². The molecule has 1 saturated heterocycles. The molecule has 0 unspecified atom stereocenters. The van der Waals surface area contributed by atoms with Crippen molar-refractivity contribution in [2.45, 2.75) is 12.5 Å². The molecule has 8 heteroatoms. The Morgan fingerprint density at radius 2 is 1.80 bits per heavy atom. The zero-order chi connectivity index (χ0) is 24.0. The van der Waals surface area contributed by atoms with E-state index in [1.165, 1.54) is 5.06 Å². The molecule has 2 N–H and O–H groups in total. The number of carbonyl (C=O) groups excluding carboxylic acids is 1. The van der Waals surface area contributed by atoms with E-state index in [9.17, 15) is 4.79 Å². The fourth-order valence-electron chi connectivity index (χ4n) is 3.81. The molecule has 0 bridgehead atoms.